The molecule has 16 heavy (non-hydrogen) atoms. The van der Waals surface area contributed by atoms with Crippen LogP contribution < -0.4 is 0 Å². The molecule has 6 heteroatoms. The number of nitrogens with zero attached hydrogens (tertiary/aromatic N) is 1. The summed E-state index contributed by atoms with van der Waals surface area (Å²) in [4.78, 5) is 22.2. The molecular formula is C10H10ClNO3S. The van der Waals surface area contributed by atoms with Crippen LogP contribution in [0.3, 0.4) is 0 Å². The van der Waals surface area contributed by atoms with E-state index in [0.717, 1.165) is 4.90 Å². The van der Waals surface area contributed by atoms with Crippen LogP contribution in [0.5, 0.6) is 0 Å². The van der Waals surface area contributed by atoms with E-state index in [0.29, 0.717) is 0 Å². The van der Waals surface area contributed by atoms with Gasteiger partial charge in [0.05, 0.1) is 10.5 Å². The first-order valence-corrected chi connectivity index (χ1v) is 6.10. The van der Waals surface area contributed by atoms with Gasteiger partial charge in [0.25, 0.3) is 5.69 Å². The third kappa shape index (κ3) is 2.74. The van der Waals surface area contributed by atoms with Gasteiger partial charge in [-0.1, -0.05) is 0 Å². The number of alkyl halides is 1. The Morgan fingerprint density at radius 1 is 1.56 bits per heavy atom. The van der Waals surface area contributed by atoms with E-state index >= 15 is 0 Å². The minimum absolute atomic E-state index is 0.109. The van der Waals surface area contributed by atoms with Crippen molar-refractivity contribution < 1.29 is 9.72 Å². The van der Waals surface area contributed by atoms with E-state index in [2.05, 4.69) is 0 Å². The molecule has 0 N–H and O–H groups in total. The summed E-state index contributed by atoms with van der Waals surface area (Å²) in [5.41, 5.74) is 0.138. The average molecular weight is 260 g/mol. The molecule has 4 nitrogen and oxygen atoms in total. The van der Waals surface area contributed by atoms with E-state index in [1.807, 2.05) is 6.26 Å². The quantitative estimate of drug-likeness (QED) is 0.361. The molecule has 0 heterocycles. The number of nitro benzene ring substituents is 1. The fourth-order valence-corrected chi connectivity index (χ4v) is 1.86. The fraction of sp³-hybridized carbons (Fsp3) is 0.300. The Balaban J connectivity index is 3.28. The van der Waals surface area contributed by atoms with Crippen molar-refractivity contribution in [3.05, 3.63) is 33.9 Å². The lowest BCUT2D eigenvalue weighted by atomic mass is 10.1. The first-order chi connectivity index (χ1) is 7.47. The Labute approximate surface area is 102 Å². The minimum Gasteiger partial charge on any atom is -0.298 e. The van der Waals surface area contributed by atoms with Gasteiger partial charge in [-0.15, -0.1) is 23.4 Å². The number of nitro groups is 1. The number of thioether (sulfide) groups is 1. The molecule has 0 saturated heterocycles. The molecule has 86 valence electrons. The zero-order chi connectivity index (χ0) is 12.3. The lowest BCUT2D eigenvalue weighted by Crippen LogP contribution is -2.05. The van der Waals surface area contributed by atoms with Crippen LogP contribution in [0.1, 0.15) is 17.9 Å². The molecule has 1 aromatic carbocycles. The van der Waals surface area contributed by atoms with E-state index in [9.17, 15) is 14.9 Å². The van der Waals surface area contributed by atoms with Gasteiger partial charge in [-0.05, 0) is 25.3 Å². The van der Waals surface area contributed by atoms with Crippen LogP contribution in [0, 0.1) is 10.1 Å². The summed E-state index contributed by atoms with van der Waals surface area (Å²) in [5.74, 6) is -0.304. The molecule has 0 spiro atoms. The highest BCUT2D eigenvalue weighted by Gasteiger charge is 2.23. The number of ketones is 1. The molecule has 0 fully saturated rings. The lowest BCUT2D eigenvalue weighted by molar-refractivity contribution is -0.385. The molecule has 0 bridgehead atoms. The number of benzene rings is 1. The second-order valence-corrected chi connectivity index (χ2v) is 4.47. The van der Waals surface area contributed by atoms with Gasteiger partial charge in [-0.25, -0.2) is 0 Å². The Morgan fingerprint density at radius 2 is 2.19 bits per heavy atom. The second kappa shape index (κ2) is 5.32. The summed E-state index contributed by atoms with van der Waals surface area (Å²) in [6, 6.07) is 4.67. The van der Waals surface area contributed by atoms with E-state index in [-0.39, 0.29) is 17.0 Å². The van der Waals surface area contributed by atoms with Gasteiger partial charge in [0.2, 0.25) is 0 Å². The second-order valence-electron chi connectivity index (χ2n) is 3.16. The maximum Gasteiger partial charge on any atom is 0.275 e. The Bertz CT molecular complexity index is 436. The smallest absolute Gasteiger partial charge is 0.275 e. The first kappa shape index (κ1) is 13.0. The van der Waals surface area contributed by atoms with E-state index < -0.39 is 10.3 Å². The van der Waals surface area contributed by atoms with Crippen molar-refractivity contribution in [3.8, 4) is 0 Å². The molecule has 1 unspecified atom stereocenters. The average Bonchev–Trinajstić information content (AvgIpc) is 2.26. The molecule has 1 aromatic rings. The Hall–Kier alpha value is -1.07. The predicted octanol–water partition coefficient (Wildman–Crippen LogP) is 3.19. The van der Waals surface area contributed by atoms with Crippen molar-refractivity contribution >= 4 is 34.8 Å². The number of halogens is 1. The molecule has 1 atom stereocenters. The lowest BCUT2D eigenvalue weighted by Gasteiger charge is -2.07. The zero-order valence-electron chi connectivity index (χ0n) is 8.77. The van der Waals surface area contributed by atoms with Crippen molar-refractivity contribution in [1.29, 1.82) is 0 Å². The predicted molar refractivity (Wildman–Crippen MR) is 64.2 cm³/mol. The van der Waals surface area contributed by atoms with Crippen molar-refractivity contribution in [1.82, 2.24) is 0 Å². The minimum atomic E-state index is -0.962. The summed E-state index contributed by atoms with van der Waals surface area (Å²) in [7, 11) is 0. The first-order valence-electron chi connectivity index (χ1n) is 4.44. The van der Waals surface area contributed by atoms with Crippen LogP contribution in [0.25, 0.3) is 0 Å². The van der Waals surface area contributed by atoms with Gasteiger partial charge in [-0.2, -0.15) is 0 Å². The van der Waals surface area contributed by atoms with Gasteiger partial charge < -0.3 is 0 Å². The summed E-state index contributed by atoms with van der Waals surface area (Å²) in [6.07, 6.45) is 1.82. The van der Waals surface area contributed by atoms with Crippen molar-refractivity contribution in [2.24, 2.45) is 0 Å². The van der Waals surface area contributed by atoms with Crippen LogP contribution >= 0.6 is 23.4 Å². The molecule has 0 aliphatic carbocycles. The molecule has 0 amide bonds. The molecule has 0 aliphatic rings. The number of Topliss-reactive ketones (excluding diaryl/α,β-unsaturated/α-hetero) is 1. The van der Waals surface area contributed by atoms with E-state index in [1.54, 1.807) is 6.07 Å². The van der Waals surface area contributed by atoms with Gasteiger partial charge in [0.15, 0.2) is 5.78 Å². The van der Waals surface area contributed by atoms with Crippen molar-refractivity contribution in [2.75, 3.05) is 6.26 Å². The highest BCUT2D eigenvalue weighted by atomic mass is 35.5. The standard InChI is InChI=1S/C10H10ClNO3S/c1-6(13)10(11)8-4-3-7(16-2)5-9(8)12(14)15/h3-5,10H,1-2H3. The number of rotatable bonds is 4. The summed E-state index contributed by atoms with van der Waals surface area (Å²) in [6.45, 7) is 1.31. The van der Waals surface area contributed by atoms with Gasteiger partial charge in [0, 0.05) is 11.0 Å². The number of carbonyl (C=O) groups is 1. The van der Waals surface area contributed by atoms with Crippen LogP contribution in [0.4, 0.5) is 5.69 Å². The molecule has 0 radical (unpaired) electrons. The largest absolute Gasteiger partial charge is 0.298 e. The summed E-state index contributed by atoms with van der Waals surface area (Å²) in [5, 5.41) is 9.88. The van der Waals surface area contributed by atoms with Gasteiger partial charge >= 0.3 is 0 Å². The third-order valence-corrected chi connectivity index (χ3v) is 3.33. The maximum absolute atomic E-state index is 11.1. The Kier molecular flexibility index (Phi) is 4.32. The molecule has 0 aliphatic heterocycles. The fourth-order valence-electron chi connectivity index (χ4n) is 1.24. The topological polar surface area (TPSA) is 60.2 Å². The zero-order valence-corrected chi connectivity index (χ0v) is 10.3. The third-order valence-electron chi connectivity index (χ3n) is 2.06. The van der Waals surface area contributed by atoms with Crippen LogP contribution in [-0.2, 0) is 4.79 Å². The number of carbonyl (C=O) groups excluding carboxylic acids is 1. The SMILES string of the molecule is CSc1ccc(C(Cl)C(C)=O)c([N+](=O)[O-])c1. The van der Waals surface area contributed by atoms with E-state index in [4.69, 9.17) is 11.6 Å². The highest BCUT2D eigenvalue weighted by Crippen LogP contribution is 2.33. The van der Waals surface area contributed by atoms with Gasteiger partial charge in [0.1, 0.15) is 5.38 Å². The van der Waals surface area contributed by atoms with Crippen molar-refractivity contribution in [3.63, 3.8) is 0 Å². The Morgan fingerprint density at radius 3 is 2.62 bits per heavy atom. The van der Waals surface area contributed by atoms with Crippen LogP contribution in [-0.4, -0.2) is 17.0 Å². The van der Waals surface area contributed by atoms with Crippen molar-refractivity contribution in [2.45, 2.75) is 17.2 Å². The van der Waals surface area contributed by atoms with E-state index in [1.165, 1.54) is 30.8 Å². The highest BCUT2D eigenvalue weighted by molar-refractivity contribution is 7.98. The molecular weight excluding hydrogens is 250 g/mol. The summed E-state index contributed by atoms with van der Waals surface area (Å²) < 4.78 is 0. The normalized spacial score (nSPS) is 12.2. The van der Waals surface area contributed by atoms with Gasteiger partial charge in [-0.3, -0.25) is 14.9 Å². The monoisotopic (exact) mass is 259 g/mol. The van der Waals surface area contributed by atoms with Crippen LogP contribution in [0.2, 0.25) is 0 Å². The van der Waals surface area contributed by atoms with Crippen LogP contribution in [0.15, 0.2) is 23.1 Å². The molecule has 0 saturated carbocycles. The number of hydrogen-bond donors (Lipinski definition) is 0. The number of hydrogen-bond acceptors (Lipinski definition) is 4. The maximum atomic E-state index is 11.1. The molecule has 1 rings (SSSR count). The molecule has 0 aromatic heterocycles. The summed E-state index contributed by atoms with van der Waals surface area (Å²) >= 11 is 7.22.